The lowest BCUT2D eigenvalue weighted by molar-refractivity contribution is 0.217. The van der Waals surface area contributed by atoms with Crippen LogP contribution in [0, 0.1) is 6.92 Å². The van der Waals surface area contributed by atoms with Crippen LogP contribution in [0.1, 0.15) is 25.0 Å². The SMILES string of the molecule is COc1cc(Cl)c(C(C)(C)CO)c(C)c1OC. The van der Waals surface area contributed by atoms with Crippen LogP contribution in [0.25, 0.3) is 0 Å². The summed E-state index contributed by atoms with van der Waals surface area (Å²) in [6.07, 6.45) is 0. The van der Waals surface area contributed by atoms with E-state index in [9.17, 15) is 5.11 Å². The monoisotopic (exact) mass is 258 g/mol. The molecule has 1 aromatic rings. The van der Waals surface area contributed by atoms with E-state index in [1.807, 2.05) is 20.8 Å². The predicted molar refractivity (Wildman–Crippen MR) is 69.4 cm³/mol. The summed E-state index contributed by atoms with van der Waals surface area (Å²) >= 11 is 6.26. The molecule has 0 atom stereocenters. The summed E-state index contributed by atoms with van der Waals surface area (Å²) in [5, 5.41) is 10.0. The third kappa shape index (κ3) is 2.50. The van der Waals surface area contributed by atoms with E-state index in [0.717, 1.165) is 11.1 Å². The summed E-state index contributed by atoms with van der Waals surface area (Å²) in [6.45, 7) is 5.81. The van der Waals surface area contributed by atoms with Crippen molar-refractivity contribution in [3.8, 4) is 11.5 Å². The summed E-state index contributed by atoms with van der Waals surface area (Å²) in [4.78, 5) is 0. The van der Waals surface area contributed by atoms with Crippen molar-refractivity contribution in [2.24, 2.45) is 0 Å². The molecule has 0 radical (unpaired) electrons. The number of rotatable bonds is 4. The van der Waals surface area contributed by atoms with Crippen molar-refractivity contribution in [1.29, 1.82) is 0 Å². The Morgan fingerprint density at radius 1 is 1.29 bits per heavy atom. The van der Waals surface area contributed by atoms with Crippen LogP contribution in [0.5, 0.6) is 11.5 Å². The molecule has 4 heteroatoms. The van der Waals surface area contributed by atoms with Gasteiger partial charge in [0.1, 0.15) is 0 Å². The van der Waals surface area contributed by atoms with Crippen LogP contribution in [-0.2, 0) is 5.41 Å². The van der Waals surface area contributed by atoms with E-state index in [0.29, 0.717) is 16.5 Å². The molecule has 0 saturated carbocycles. The minimum Gasteiger partial charge on any atom is -0.493 e. The predicted octanol–water partition coefficient (Wildman–Crippen LogP) is 2.94. The summed E-state index contributed by atoms with van der Waals surface area (Å²) < 4.78 is 10.6. The van der Waals surface area contributed by atoms with Crippen molar-refractivity contribution in [1.82, 2.24) is 0 Å². The van der Waals surface area contributed by atoms with Gasteiger partial charge in [0.05, 0.1) is 20.8 Å². The van der Waals surface area contributed by atoms with Gasteiger partial charge in [-0.25, -0.2) is 0 Å². The molecule has 0 unspecified atom stereocenters. The average Bonchev–Trinajstić information content (AvgIpc) is 2.27. The number of halogens is 1. The highest BCUT2D eigenvalue weighted by atomic mass is 35.5. The van der Waals surface area contributed by atoms with Gasteiger partial charge in [0.25, 0.3) is 0 Å². The summed E-state index contributed by atoms with van der Waals surface area (Å²) in [5.74, 6) is 1.26. The zero-order valence-electron chi connectivity index (χ0n) is 10.9. The summed E-state index contributed by atoms with van der Waals surface area (Å²) in [5.41, 5.74) is 1.37. The highest BCUT2D eigenvalue weighted by molar-refractivity contribution is 6.31. The quantitative estimate of drug-likeness (QED) is 0.903. The highest BCUT2D eigenvalue weighted by Crippen LogP contribution is 2.42. The summed E-state index contributed by atoms with van der Waals surface area (Å²) in [7, 11) is 3.17. The molecule has 96 valence electrons. The zero-order chi connectivity index (χ0) is 13.2. The van der Waals surface area contributed by atoms with Gasteiger partial charge in [-0.2, -0.15) is 0 Å². The van der Waals surface area contributed by atoms with Crippen LogP contribution in [0.15, 0.2) is 6.07 Å². The van der Waals surface area contributed by atoms with Gasteiger partial charge in [-0.05, 0) is 12.5 Å². The first kappa shape index (κ1) is 14.1. The molecular formula is C13H19ClO3. The third-order valence-corrected chi connectivity index (χ3v) is 3.23. The van der Waals surface area contributed by atoms with Crippen molar-refractivity contribution in [2.75, 3.05) is 20.8 Å². The number of hydrogen-bond donors (Lipinski definition) is 1. The Kier molecular flexibility index (Phi) is 4.28. The van der Waals surface area contributed by atoms with E-state index in [2.05, 4.69) is 0 Å². The Hall–Kier alpha value is -0.930. The molecule has 1 N–H and O–H groups in total. The number of methoxy groups -OCH3 is 2. The first-order valence-corrected chi connectivity index (χ1v) is 5.79. The van der Waals surface area contributed by atoms with E-state index >= 15 is 0 Å². The number of benzene rings is 1. The van der Waals surface area contributed by atoms with E-state index in [1.54, 1.807) is 20.3 Å². The van der Waals surface area contributed by atoms with E-state index < -0.39 is 5.41 Å². The number of aliphatic hydroxyl groups excluding tert-OH is 1. The van der Waals surface area contributed by atoms with E-state index in [-0.39, 0.29) is 6.61 Å². The molecule has 0 aliphatic heterocycles. The Balaban J connectivity index is 3.53. The second kappa shape index (κ2) is 5.15. The molecule has 0 aromatic heterocycles. The van der Waals surface area contributed by atoms with Gasteiger partial charge in [0, 0.05) is 22.1 Å². The largest absolute Gasteiger partial charge is 0.493 e. The molecule has 0 bridgehead atoms. The normalized spacial score (nSPS) is 11.5. The van der Waals surface area contributed by atoms with Crippen molar-refractivity contribution in [3.05, 3.63) is 22.2 Å². The fraction of sp³-hybridized carbons (Fsp3) is 0.538. The molecule has 0 aliphatic carbocycles. The van der Waals surface area contributed by atoms with Crippen molar-refractivity contribution in [3.63, 3.8) is 0 Å². The Labute approximate surface area is 107 Å². The van der Waals surface area contributed by atoms with Gasteiger partial charge in [-0.15, -0.1) is 0 Å². The van der Waals surface area contributed by atoms with Gasteiger partial charge in [-0.1, -0.05) is 25.4 Å². The van der Waals surface area contributed by atoms with E-state index in [4.69, 9.17) is 21.1 Å². The molecule has 0 fully saturated rings. The van der Waals surface area contributed by atoms with Gasteiger partial charge < -0.3 is 14.6 Å². The Morgan fingerprint density at radius 3 is 2.29 bits per heavy atom. The molecular weight excluding hydrogens is 240 g/mol. The average molecular weight is 259 g/mol. The first-order valence-electron chi connectivity index (χ1n) is 5.41. The standard InChI is InChI=1S/C13H19ClO3/c1-8-11(13(2,3)7-15)9(14)6-10(16-4)12(8)17-5/h6,15H,7H2,1-5H3. The fourth-order valence-corrected chi connectivity index (χ4v) is 2.54. The Morgan fingerprint density at radius 2 is 1.88 bits per heavy atom. The van der Waals surface area contributed by atoms with Gasteiger partial charge >= 0.3 is 0 Å². The molecule has 0 spiro atoms. The van der Waals surface area contributed by atoms with Crippen LogP contribution in [0.3, 0.4) is 0 Å². The number of ether oxygens (including phenoxy) is 2. The van der Waals surface area contributed by atoms with Crippen LogP contribution in [0.4, 0.5) is 0 Å². The lowest BCUT2D eigenvalue weighted by atomic mass is 9.82. The molecule has 1 rings (SSSR count). The fourth-order valence-electron chi connectivity index (χ4n) is 2.05. The van der Waals surface area contributed by atoms with Crippen LogP contribution < -0.4 is 9.47 Å². The minimum atomic E-state index is -0.416. The third-order valence-electron chi connectivity index (χ3n) is 2.93. The van der Waals surface area contributed by atoms with Gasteiger partial charge in [-0.3, -0.25) is 0 Å². The maximum atomic E-state index is 9.46. The van der Waals surface area contributed by atoms with Crippen molar-refractivity contribution < 1.29 is 14.6 Å². The second-order valence-electron chi connectivity index (χ2n) is 4.64. The maximum Gasteiger partial charge on any atom is 0.164 e. The topological polar surface area (TPSA) is 38.7 Å². The summed E-state index contributed by atoms with van der Waals surface area (Å²) in [6, 6.07) is 1.72. The highest BCUT2D eigenvalue weighted by Gasteiger charge is 2.28. The van der Waals surface area contributed by atoms with Gasteiger partial charge in [0.15, 0.2) is 11.5 Å². The van der Waals surface area contributed by atoms with Crippen LogP contribution in [0.2, 0.25) is 5.02 Å². The maximum absolute atomic E-state index is 9.46. The zero-order valence-corrected chi connectivity index (χ0v) is 11.7. The van der Waals surface area contributed by atoms with E-state index in [1.165, 1.54) is 0 Å². The molecule has 0 heterocycles. The molecule has 3 nitrogen and oxygen atoms in total. The lowest BCUT2D eigenvalue weighted by Crippen LogP contribution is -2.24. The molecule has 17 heavy (non-hydrogen) atoms. The second-order valence-corrected chi connectivity index (χ2v) is 5.04. The molecule has 0 aliphatic rings. The minimum absolute atomic E-state index is 0.0169. The van der Waals surface area contributed by atoms with Crippen molar-refractivity contribution >= 4 is 11.6 Å². The molecule has 0 amide bonds. The van der Waals surface area contributed by atoms with Crippen molar-refractivity contribution in [2.45, 2.75) is 26.2 Å². The number of hydrogen-bond acceptors (Lipinski definition) is 3. The van der Waals surface area contributed by atoms with Crippen LogP contribution >= 0.6 is 11.6 Å². The molecule has 1 aromatic carbocycles. The number of aliphatic hydroxyl groups is 1. The Bertz CT molecular complexity index is 414. The smallest absolute Gasteiger partial charge is 0.164 e. The lowest BCUT2D eigenvalue weighted by Gasteiger charge is -2.27. The van der Waals surface area contributed by atoms with Crippen LogP contribution in [-0.4, -0.2) is 25.9 Å². The van der Waals surface area contributed by atoms with Gasteiger partial charge in [0.2, 0.25) is 0 Å². The first-order chi connectivity index (χ1) is 7.88. The molecule has 0 saturated heterocycles.